The molecule has 0 aromatic heterocycles. The maximum Gasteiger partial charge on any atom is 0.120 e. The quantitative estimate of drug-likeness (QED) is 0.837. The first-order chi connectivity index (χ1) is 7.26. The van der Waals surface area contributed by atoms with Gasteiger partial charge in [-0.15, -0.1) is 0 Å². The molecule has 15 heavy (non-hydrogen) atoms. The van der Waals surface area contributed by atoms with E-state index in [1.165, 1.54) is 11.1 Å². The van der Waals surface area contributed by atoms with E-state index < -0.39 is 0 Å². The minimum atomic E-state index is 0.523. The van der Waals surface area contributed by atoms with E-state index in [4.69, 9.17) is 22.1 Å². The summed E-state index contributed by atoms with van der Waals surface area (Å²) in [4.78, 5) is 0. The lowest BCUT2D eigenvalue weighted by Crippen LogP contribution is -2.03. The Morgan fingerprint density at radius 3 is 3.00 bits per heavy atom. The standard InChI is InChI=1S/C12H16ClNO/c1-10(8-13)9-15-12-4-2-3-11(7-12)5-6-14/h2-4,7-8H,5-6,9,14H2,1H3/b10-8-. The Morgan fingerprint density at radius 1 is 1.53 bits per heavy atom. The molecule has 0 radical (unpaired) electrons. The van der Waals surface area contributed by atoms with Crippen molar-refractivity contribution in [1.82, 2.24) is 0 Å². The first-order valence-electron chi connectivity index (χ1n) is 4.94. The van der Waals surface area contributed by atoms with E-state index >= 15 is 0 Å². The average Bonchev–Trinajstić information content (AvgIpc) is 2.27. The Labute approximate surface area is 95.7 Å². The van der Waals surface area contributed by atoms with Crippen LogP contribution in [0.4, 0.5) is 0 Å². The van der Waals surface area contributed by atoms with Gasteiger partial charge in [-0.25, -0.2) is 0 Å². The summed E-state index contributed by atoms with van der Waals surface area (Å²) in [5.41, 5.74) is 9.22. The molecule has 1 aromatic rings. The number of benzene rings is 1. The summed E-state index contributed by atoms with van der Waals surface area (Å²) in [6.45, 7) is 3.11. The Hall–Kier alpha value is -0.990. The fourth-order valence-electron chi connectivity index (χ4n) is 1.19. The predicted molar refractivity (Wildman–Crippen MR) is 64.3 cm³/mol. The fourth-order valence-corrected chi connectivity index (χ4v) is 1.25. The lowest BCUT2D eigenvalue weighted by molar-refractivity contribution is 0.352. The van der Waals surface area contributed by atoms with Gasteiger partial charge in [-0.1, -0.05) is 23.7 Å². The Kier molecular flexibility index (Phi) is 5.22. The largest absolute Gasteiger partial charge is 0.489 e. The van der Waals surface area contributed by atoms with E-state index in [1.807, 2.05) is 31.2 Å². The summed E-state index contributed by atoms with van der Waals surface area (Å²) in [6, 6.07) is 7.96. The highest BCUT2D eigenvalue weighted by Gasteiger charge is 1.96. The summed E-state index contributed by atoms with van der Waals surface area (Å²) in [6.07, 6.45) is 0.877. The summed E-state index contributed by atoms with van der Waals surface area (Å²) in [5.74, 6) is 0.860. The van der Waals surface area contributed by atoms with Crippen LogP contribution in [0, 0.1) is 0 Å². The van der Waals surface area contributed by atoms with Crippen LogP contribution < -0.4 is 10.5 Å². The van der Waals surface area contributed by atoms with Gasteiger partial charge in [0, 0.05) is 5.54 Å². The van der Waals surface area contributed by atoms with Gasteiger partial charge < -0.3 is 10.5 Å². The molecule has 1 rings (SSSR count). The molecule has 0 atom stereocenters. The molecule has 0 unspecified atom stereocenters. The zero-order valence-electron chi connectivity index (χ0n) is 8.87. The molecule has 0 saturated carbocycles. The number of hydrogen-bond donors (Lipinski definition) is 1. The molecule has 0 fully saturated rings. The van der Waals surface area contributed by atoms with Crippen LogP contribution in [0.25, 0.3) is 0 Å². The second-order valence-corrected chi connectivity index (χ2v) is 3.65. The fraction of sp³-hybridized carbons (Fsp3) is 0.333. The number of ether oxygens (including phenoxy) is 1. The third-order valence-corrected chi connectivity index (χ3v) is 2.36. The summed E-state index contributed by atoms with van der Waals surface area (Å²) in [5, 5.41) is 0. The van der Waals surface area contributed by atoms with Crippen LogP contribution in [0.5, 0.6) is 5.75 Å². The van der Waals surface area contributed by atoms with Crippen LogP contribution in [0.3, 0.4) is 0 Å². The highest BCUT2D eigenvalue weighted by Crippen LogP contribution is 2.14. The van der Waals surface area contributed by atoms with Gasteiger partial charge in [0.2, 0.25) is 0 Å². The van der Waals surface area contributed by atoms with Crippen LogP contribution in [0.2, 0.25) is 0 Å². The monoisotopic (exact) mass is 225 g/mol. The van der Waals surface area contributed by atoms with Crippen molar-refractivity contribution in [3.8, 4) is 5.75 Å². The van der Waals surface area contributed by atoms with Gasteiger partial charge >= 0.3 is 0 Å². The maximum absolute atomic E-state index is 5.55. The number of rotatable bonds is 5. The van der Waals surface area contributed by atoms with Crippen molar-refractivity contribution in [2.45, 2.75) is 13.3 Å². The van der Waals surface area contributed by atoms with Crippen molar-refractivity contribution < 1.29 is 4.74 Å². The van der Waals surface area contributed by atoms with E-state index in [2.05, 4.69) is 0 Å². The van der Waals surface area contributed by atoms with Gasteiger partial charge in [0.05, 0.1) is 0 Å². The molecule has 3 heteroatoms. The molecular weight excluding hydrogens is 210 g/mol. The maximum atomic E-state index is 5.55. The zero-order valence-corrected chi connectivity index (χ0v) is 9.63. The second-order valence-electron chi connectivity index (χ2n) is 3.43. The zero-order chi connectivity index (χ0) is 11.1. The normalized spacial score (nSPS) is 11.5. The van der Waals surface area contributed by atoms with E-state index in [0.29, 0.717) is 13.2 Å². The minimum absolute atomic E-state index is 0.523. The van der Waals surface area contributed by atoms with Crippen molar-refractivity contribution in [1.29, 1.82) is 0 Å². The predicted octanol–water partition coefficient (Wildman–Crippen LogP) is 2.71. The molecule has 82 valence electrons. The number of hydrogen-bond acceptors (Lipinski definition) is 2. The van der Waals surface area contributed by atoms with Crippen LogP contribution >= 0.6 is 11.6 Å². The van der Waals surface area contributed by atoms with Crippen LogP contribution in [0.15, 0.2) is 35.4 Å². The SMILES string of the molecule is C/C(=C/Cl)COc1cccc(CCN)c1. The average molecular weight is 226 g/mol. The van der Waals surface area contributed by atoms with Crippen molar-refractivity contribution in [2.24, 2.45) is 5.73 Å². The Balaban J connectivity index is 2.57. The Bertz CT molecular complexity index is 336. The van der Waals surface area contributed by atoms with E-state index in [0.717, 1.165) is 17.7 Å². The van der Waals surface area contributed by atoms with Crippen LogP contribution in [0.1, 0.15) is 12.5 Å². The van der Waals surface area contributed by atoms with E-state index in [9.17, 15) is 0 Å². The molecule has 0 aliphatic rings. The van der Waals surface area contributed by atoms with Crippen LogP contribution in [-0.2, 0) is 6.42 Å². The van der Waals surface area contributed by atoms with Crippen LogP contribution in [-0.4, -0.2) is 13.2 Å². The smallest absolute Gasteiger partial charge is 0.120 e. The summed E-state index contributed by atoms with van der Waals surface area (Å²) >= 11 is 5.54. The van der Waals surface area contributed by atoms with Crippen molar-refractivity contribution in [3.63, 3.8) is 0 Å². The molecular formula is C12H16ClNO. The third kappa shape index (κ3) is 4.36. The first-order valence-corrected chi connectivity index (χ1v) is 5.37. The molecule has 0 spiro atoms. The van der Waals surface area contributed by atoms with Crippen molar-refractivity contribution in [3.05, 3.63) is 40.9 Å². The van der Waals surface area contributed by atoms with E-state index in [-0.39, 0.29) is 0 Å². The number of nitrogens with two attached hydrogens (primary N) is 1. The highest BCUT2D eigenvalue weighted by atomic mass is 35.5. The number of halogens is 1. The van der Waals surface area contributed by atoms with Gasteiger partial charge in [0.1, 0.15) is 12.4 Å². The lowest BCUT2D eigenvalue weighted by atomic mass is 10.1. The summed E-state index contributed by atoms with van der Waals surface area (Å²) in [7, 11) is 0. The topological polar surface area (TPSA) is 35.2 Å². The molecule has 0 heterocycles. The van der Waals surface area contributed by atoms with Crippen molar-refractivity contribution in [2.75, 3.05) is 13.2 Å². The van der Waals surface area contributed by atoms with Crippen molar-refractivity contribution >= 4 is 11.6 Å². The highest BCUT2D eigenvalue weighted by molar-refractivity contribution is 6.25. The van der Waals surface area contributed by atoms with Gasteiger partial charge in [0.25, 0.3) is 0 Å². The van der Waals surface area contributed by atoms with Gasteiger partial charge in [-0.3, -0.25) is 0 Å². The Morgan fingerprint density at radius 2 is 2.33 bits per heavy atom. The molecule has 0 amide bonds. The third-order valence-electron chi connectivity index (χ3n) is 1.98. The molecule has 0 saturated heterocycles. The molecule has 1 aromatic carbocycles. The molecule has 2 N–H and O–H groups in total. The second kappa shape index (κ2) is 6.49. The summed E-state index contributed by atoms with van der Waals surface area (Å²) < 4.78 is 5.55. The molecule has 0 bridgehead atoms. The minimum Gasteiger partial charge on any atom is -0.489 e. The lowest BCUT2D eigenvalue weighted by Gasteiger charge is -2.07. The van der Waals surface area contributed by atoms with E-state index in [1.54, 1.807) is 0 Å². The van der Waals surface area contributed by atoms with Gasteiger partial charge in [-0.05, 0) is 43.2 Å². The van der Waals surface area contributed by atoms with Gasteiger partial charge in [0.15, 0.2) is 0 Å². The molecule has 0 aliphatic heterocycles. The first kappa shape index (κ1) is 12.1. The van der Waals surface area contributed by atoms with Gasteiger partial charge in [-0.2, -0.15) is 0 Å². The molecule has 0 aliphatic carbocycles. The molecule has 2 nitrogen and oxygen atoms in total.